The molecule has 0 amide bonds. The molecule has 0 aromatic heterocycles. The van der Waals surface area contributed by atoms with E-state index in [9.17, 15) is 5.11 Å². The first-order valence-electron chi connectivity index (χ1n) is 6.38. The monoisotopic (exact) mass is 345 g/mol. The van der Waals surface area contributed by atoms with E-state index in [2.05, 4.69) is 51.8 Å². The normalized spacial score (nSPS) is 18.5. The predicted octanol–water partition coefficient (Wildman–Crippen LogP) is 2.85. The van der Waals surface area contributed by atoms with Crippen molar-refractivity contribution in [2.75, 3.05) is 26.2 Å². The Morgan fingerprint density at radius 3 is 2.41 bits per heavy atom. The third kappa shape index (κ3) is 3.93. The second kappa shape index (κ2) is 6.71. The van der Waals surface area contributed by atoms with Crippen LogP contribution in [0.5, 0.6) is 0 Å². The molecule has 94 valence electrons. The van der Waals surface area contributed by atoms with Crippen LogP contribution in [0.2, 0.25) is 0 Å². The minimum atomic E-state index is 0.282. The highest BCUT2D eigenvalue weighted by Crippen LogP contribution is 2.23. The maximum atomic E-state index is 9.21. The number of benzene rings is 1. The molecule has 1 heterocycles. The van der Waals surface area contributed by atoms with E-state index in [0.717, 1.165) is 13.0 Å². The van der Waals surface area contributed by atoms with Crippen molar-refractivity contribution < 1.29 is 5.11 Å². The van der Waals surface area contributed by atoms with Gasteiger partial charge in [0.1, 0.15) is 0 Å². The molecule has 1 saturated heterocycles. The number of hydrogen-bond donors (Lipinski definition) is 1. The zero-order valence-electron chi connectivity index (χ0n) is 10.1. The molecule has 0 saturated carbocycles. The lowest BCUT2D eigenvalue weighted by Gasteiger charge is -2.23. The van der Waals surface area contributed by atoms with Crippen molar-refractivity contribution in [1.82, 2.24) is 4.90 Å². The van der Waals surface area contributed by atoms with Crippen LogP contribution in [0.15, 0.2) is 24.3 Å². The number of likely N-dealkylation sites (tertiary alicyclic amines) is 1. The van der Waals surface area contributed by atoms with Crippen LogP contribution in [0.4, 0.5) is 0 Å². The van der Waals surface area contributed by atoms with Crippen LogP contribution >= 0.6 is 22.6 Å². The Bertz CT molecular complexity index is 333. The highest BCUT2D eigenvalue weighted by Gasteiger charge is 2.18. The van der Waals surface area contributed by atoms with Gasteiger partial charge >= 0.3 is 0 Å². The van der Waals surface area contributed by atoms with Gasteiger partial charge in [-0.2, -0.15) is 0 Å². The number of hydrogen-bond acceptors (Lipinski definition) is 2. The Kier molecular flexibility index (Phi) is 5.25. The fraction of sp³-hybridized carbons (Fsp3) is 0.571. The molecule has 1 aliphatic rings. The molecule has 0 bridgehead atoms. The average molecular weight is 345 g/mol. The molecule has 0 radical (unpaired) electrons. The van der Waals surface area contributed by atoms with Gasteiger partial charge in [-0.25, -0.2) is 0 Å². The van der Waals surface area contributed by atoms with E-state index >= 15 is 0 Å². The van der Waals surface area contributed by atoms with Gasteiger partial charge in [-0.1, -0.05) is 12.1 Å². The van der Waals surface area contributed by atoms with Gasteiger partial charge in [-0.05, 0) is 78.6 Å². The van der Waals surface area contributed by atoms with Crippen molar-refractivity contribution in [3.05, 3.63) is 33.4 Å². The van der Waals surface area contributed by atoms with E-state index in [4.69, 9.17) is 0 Å². The Balaban J connectivity index is 2.02. The van der Waals surface area contributed by atoms with E-state index in [1.165, 1.54) is 35.1 Å². The van der Waals surface area contributed by atoms with Gasteiger partial charge < -0.3 is 10.0 Å². The van der Waals surface area contributed by atoms with Gasteiger partial charge in [0.2, 0.25) is 0 Å². The van der Waals surface area contributed by atoms with Gasteiger partial charge in [-0.3, -0.25) is 0 Å². The van der Waals surface area contributed by atoms with Crippen molar-refractivity contribution in [3.63, 3.8) is 0 Å². The number of aliphatic hydroxyl groups excluding tert-OH is 1. The molecule has 1 N–H and O–H groups in total. The largest absolute Gasteiger partial charge is 0.396 e. The number of nitrogens with zero attached hydrogens (tertiary/aromatic N) is 1. The molecule has 0 unspecified atom stereocenters. The van der Waals surface area contributed by atoms with E-state index in [1.807, 2.05) is 0 Å². The van der Waals surface area contributed by atoms with E-state index in [0.29, 0.717) is 5.92 Å². The zero-order chi connectivity index (χ0) is 12.1. The van der Waals surface area contributed by atoms with Crippen molar-refractivity contribution in [2.24, 2.45) is 0 Å². The molecule has 17 heavy (non-hydrogen) atoms. The molecule has 1 aromatic rings. The molecular formula is C14H20INO. The topological polar surface area (TPSA) is 23.5 Å². The highest BCUT2D eigenvalue weighted by molar-refractivity contribution is 14.1. The van der Waals surface area contributed by atoms with Gasteiger partial charge in [0, 0.05) is 16.7 Å². The summed E-state index contributed by atoms with van der Waals surface area (Å²) in [5, 5.41) is 9.21. The van der Waals surface area contributed by atoms with Crippen LogP contribution in [0, 0.1) is 3.57 Å². The summed E-state index contributed by atoms with van der Waals surface area (Å²) in [6.45, 7) is 3.84. The molecule has 2 nitrogen and oxygen atoms in total. The van der Waals surface area contributed by atoms with E-state index in [1.54, 1.807) is 0 Å². The van der Waals surface area contributed by atoms with Crippen LogP contribution in [-0.2, 0) is 0 Å². The number of halogens is 1. The smallest absolute Gasteiger partial charge is 0.0437 e. The Morgan fingerprint density at radius 2 is 1.82 bits per heavy atom. The molecule has 1 fully saturated rings. The summed E-state index contributed by atoms with van der Waals surface area (Å²) < 4.78 is 1.27. The van der Waals surface area contributed by atoms with Crippen LogP contribution in [0.3, 0.4) is 0 Å². The molecule has 2 rings (SSSR count). The van der Waals surface area contributed by atoms with Crippen LogP contribution in [0.25, 0.3) is 0 Å². The molecule has 3 heteroatoms. The summed E-state index contributed by atoms with van der Waals surface area (Å²) in [5.41, 5.74) is 1.37. The minimum Gasteiger partial charge on any atom is -0.396 e. The predicted molar refractivity (Wildman–Crippen MR) is 79.3 cm³/mol. The van der Waals surface area contributed by atoms with Crippen molar-refractivity contribution in [1.29, 1.82) is 0 Å². The van der Waals surface area contributed by atoms with Gasteiger partial charge in [-0.15, -0.1) is 0 Å². The molecule has 0 aliphatic carbocycles. The SMILES string of the molecule is OCC[C@@H](CN1CCCC1)c1ccc(I)cc1. The highest BCUT2D eigenvalue weighted by atomic mass is 127. The number of aliphatic hydroxyl groups is 1. The summed E-state index contributed by atoms with van der Waals surface area (Å²) in [4.78, 5) is 2.53. The fourth-order valence-corrected chi connectivity index (χ4v) is 2.89. The number of rotatable bonds is 5. The van der Waals surface area contributed by atoms with Crippen LogP contribution in [0.1, 0.15) is 30.7 Å². The third-order valence-electron chi connectivity index (χ3n) is 3.50. The minimum absolute atomic E-state index is 0.282. The maximum Gasteiger partial charge on any atom is 0.0437 e. The maximum absolute atomic E-state index is 9.21. The average Bonchev–Trinajstić information content (AvgIpc) is 2.82. The first kappa shape index (κ1) is 13.3. The summed E-state index contributed by atoms with van der Waals surface area (Å²) in [5.74, 6) is 0.482. The van der Waals surface area contributed by atoms with Gasteiger partial charge in [0.05, 0.1) is 0 Å². The quantitative estimate of drug-likeness (QED) is 0.830. The fourth-order valence-electron chi connectivity index (χ4n) is 2.53. The summed E-state index contributed by atoms with van der Waals surface area (Å²) in [6.07, 6.45) is 3.54. The Morgan fingerprint density at radius 1 is 1.18 bits per heavy atom. The summed E-state index contributed by atoms with van der Waals surface area (Å²) in [7, 11) is 0. The van der Waals surface area contributed by atoms with E-state index < -0.39 is 0 Å². The molecule has 1 atom stereocenters. The van der Waals surface area contributed by atoms with Crippen molar-refractivity contribution >= 4 is 22.6 Å². The Labute approximate surface area is 117 Å². The molecule has 1 aromatic carbocycles. The summed E-state index contributed by atoms with van der Waals surface area (Å²) in [6, 6.07) is 8.73. The summed E-state index contributed by atoms with van der Waals surface area (Å²) >= 11 is 2.33. The second-order valence-corrected chi connectivity index (χ2v) is 6.01. The lowest BCUT2D eigenvalue weighted by Crippen LogP contribution is -2.26. The van der Waals surface area contributed by atoms with Crippen LogP contribution in [-0.4, -0.2) is 36.2 Å². The third-order valence-corrected chi connectivity index (χ3v) is 4.22. The van der Waals surface area contributed by atoms with E-state index in [-0.39, 0.29) is 6.61 Å². The zero-order valence-corrected chi connectivity index (χ0v) is 12.3. The molecule has 1 aliphatic heterocycles. The van der Waals surface area contributed by atoms with Gasteiger partial charge in [0.25, 0.3) is 0 Å². The second-order valence-electron chi connectivity index (χ2n) is 4.77. The van der Waals surface area contributed by atoms with Crippen LogP contribution < -0.4 is 0 Å². The van der Waals surface area contributed by atoms with Crippen molar-refractivity contribution in [2.45, 2.75) is 25.2 Å². The lowest BCUT2D eigenvalue weighted by molar-refractivity contribution is 0.246. The lowest BCUT2D eigenvalue weighted by atomic mass is 9.95. The van der Waals surface area contributed by atoms with Crippen molar-refractivity contribution in [3.8, 4) is 0 Å². The van der Waals surface area contributed by atoms with Gasteiger partial charge in [0.15, 0.2) is 0 Å². The first-order valence-corrected chi connectivity index (χ1v) is 7.46. The standard InChI is InChI=1S/C14H20INO/c15-14-5-3-12(4-6-14)13(7-10-17)11-16-8-1-2-9-16/h3-6,13,17H,1-2,7-11H2/t13-/m0/s1. The molecular weight excluding hydrogens is 325 g/mol. The first-order chi connectivity index (χ1) is 8.29. The Hall–Kier alpha value is -0.130. The molecule has 0 spiro atoms.